The predicted molar refractivity (Wildman–Crippen MR) is 121 cm³/mol. The van der Waals surface area contributed by atoms with Crippen molar-refractivity contribution in [2.45, 2.75) is 11.7 Å². The van der Waals surface area contributed by atoms with Crippen molar-refractivity contribution >= 4 is 28.6 Å². The summed E-state index contributed by atoms with van der Waals surface area (Å²) in [6, 6.07) is 25.6. The van der Waals surface area contributed by atoms with Crippen molar-refractivity contribution in [2.24, 2.45) is 0 Å². The van der Waals surface area contributed by atoms with Gasteiger partial charge in [-0.3, -0.25) is 14.2 Å². The Kier molecular flexibility index (Phi) is 6.11. The third-order valence-electron chi connectivity index (χ3n) is 4.66. The van der Waals surface area contributed by atoms with E-state index in [9.17, 15) is 9.59 Å². The third-order valence-corrected chi connectivity index (χ3v) is 5.60. The van der Waals surface area contributed by atoms with Crippen LogP contribution in [0.25, 0.3) is 16.6 Å². The van der Waals surface area contributed by atoms with Crippen LogP contribution in [0, 0.1) is 11.3 Å². The Morgan fingerprint density at radius 2 is 1.71 bits per heavy atom. The van der Waals surface area contributed by atoms with E-state index >= 15 is 0 Å². The van der Waals surface area contributed by atoms with Gasteiger partial charge in [0.25, 0.3) is 5.56 Å². The first kappa shape index (κ1) is 20.4. The van der Waals surface area contributed by atoms with E-state index in [0.717, 1.165) is 5.56 Å². The minimum absolute atomic E-state index is 0.119. The summed E-state index contributed by atoms with van der Waals surface area (Å²) in [6.45, 7) is 0.438. The minimum Gasteiger partial charge on any atom is -0.351 e. The van der Waals surface area contributed by atoms with Gasteiger partial charge in [0.05, 0.1) is 34.0 Å². The summed E-state index contributed by atoms with van der Waals surface area (Å²) in [5.74, 6) is -0.0314. The van der Waals surface area contributed by atoms with E-state index in [4.69, 9.17) is 5.26 Å². The van der Waals surface area contributed by atoms with Crippen LogP contribution in [-0.4, -0.2) is 21.2 Å². The van der Waals surface area contributed by atoms with Crippen LogP contribution in [0.15, 0.2) is 88.8 Å². The average molecular weight is 427 g/mol. The molecule has 0 unspecified atom stereocenters. The standard InChI is InChI=1S/C24H18N4O2S/c25-14-17-10-12-19(13-11-17)28-23(30)20-8-4-5-9-21(20)27-24(28)31-16-22(29)26-15-18-6-2-1-3-7-18/h1-13H,15-16H2,(H,26,29). The van der Waals surface area contributed by atoms with Gasteiger partial charge in [0.1, 0.15) is 0 Å². The topological polar surface area (TPSA) is 87.8 Å². The summed E-state index contributed by atoms with van der Waals surface area (Å²) >= 11 is 1.20. The SMILES string of the molecule is N#Cc1ccc(-n2c(SCC(=O)NCc3ccccc3)nc3ccccc3c2=O)cc1. The van der Waals surface area contributed by atoms with E-state index in [-0.39, 0.29) is 17.2 Å². The largest absolute Gasteiger partial charge is 0.351 e. The normalized spacial score (nSPS) is 10.5. The van der Waals surface area contributed by atoms with Gasteiger partial charge in [0.2, 0.25) is 5.91 Å². The molecule has 152 valence electrons. The Morgan fingerprint density at radius 1 is 1.00 bits per heavy atom. The van der Waals surface area contributed by atoms with Crippen molar-refractivity contribution < 1.29 is 4.79 Å². The molecule has 4 rings (SSSR count). The number of hydrogen-bond donors (Lipinski definition) is 1. The fraction of sp³-hybridized carbons (Fsp3) is 0.0833. The molecule has 0 aliphatic carbocycles. The highest BCUT2D eigenvalue weighted by Gasteiger charge is 2.15. The molecular formula is C24H18N4O2S. The molecule has 31 heavy (non-hydrogen) atoms. The number of carbonyl (C=O) groups excluding carboxylic acids is 1. The second-order valence-corrected chi connectivity index (χ2v) is 7.70. The summed E-state index contributed by atoms with van der Waals surface area (Å²) < 4.78 is 1.48. The molecule has 1 aromatic heterocycles. The van der Waals surface area contributed by atoms with Crippen molar-refractivity contribution in [1.29, 1.82) is 5.26 Å². The number of thioether (sulfide) groups is 1. The molecule has 0 saturated carbocycles. The highest BCUT2D eigenvalue weighted by atomic mass is 32.2. The predicted octanol–water partition coefficient (Wildman–Crippen LogP) is 3.67. The van der Waals surface area contributed by atoms with Gasteiger partial charge in [-0.25, -0.2) is 4.98 Å². The number of rotatable bonds is 6. The zero-order valence-corrected chi connectivity index (χ0v) is 17.3. The number of aromatic nitrogens is 2. The summed E-state index contributed by atoms with van der Waals surface area (Å²) in [7, 11) is 0. The number of para-hydroxylation sites is 1. The lowest BCUT2D eigenvalue weighted by atomic mass is 10.2. The molecule has 0 atom stereocenters. The lowest BCUT2D eigenvalue weighted by molar-refractivity contribution is -0.118. The molecule has 4 aromatic rings. The van der Waals surface area contributed by atoms with E-state index < -0.39 is 0 Å². The lowest BCUT2D eigenvalue weighted by Gasteiger charge is -2.13. The monoisotopic (exact) mass is 426 g/mol. The average Bonchev–Trinajstić information content (AvgIpc) is 2.82. The van der Waals surface area contributed by atoms with Gasteiger partial charge in [-0.2, -0.15) is 5.26 Å². The zero-order chi connectivity index (χ0) is 21.6. The highest BCUT2D eigenvalue weighted by Crippen LogP contribution is 2.21. The van der Waals surface area contributed by atoms with Crippen molar-refractivity contribution in [2.75, 3.05) is 5.75 Å². The molecule has 0 saturated heterocycles. The molecule has 0 radical (unpaired) electrons. The Morgan fingerprint density at radius 3 is 2.45 bits per heavy atom. The van der Waals surface area contributed by atoms with Gasteiger partial charge >= 0.3 is 0 Å². The first-order valence-electron chi connectivity index (χ1n) is 9.61. The Labute approximate surface area is 183 Å². The summed E-state index contributed by atoms with van der Waals surface area (Å²) in [6.07, 6.45) is 0. The molecular weight excluding hydrogens is 408 g/mol. The van der Waals surface area contributed by atoms with E-state index in [1.807, 2.05) is 36.4 Å². The van der Waals surface area contributed by atoms with Gasteiger partial charge in [-0.15, -0.1) is 0 Å². The van der Waals surface area contributed by atoms with Crippen LogP contribution < -0.4 is 10.9 Å². The van der Waals surface area contributed by atoms with E-state index in [0.29, 0.717) is 33.9 Å². The molecule has 0 bridgehead atoms. The molecule has 1 amide bonds. The zero-order valence-electron chi connectivity index (χ0n) is 16.5. The van der Waals surface area contributed by atoms with E-state index in [1.165, 1.54) is 16.3 Å². The summed E-state index contributed by atoms with van der Waals surface area (Å²) in [5.41, 5.74) is 2.46. The maximum absolute atomic E-state index is 13.2. The minimum atomic E-state index is -0.220. The Hall–Kier alpha value is -3.89. The second-order valence-electron chi connectivity index (χ2n) is 6.76. The van der Waals surface area contributed by atoms with Gasteiger partial charge in [0.15, 0.2) is 5.16 Å². The van der Waals surface area contributed by atoms with Crippen LogP contribution in [0.1, 0.15) is 11.1 Å². The fourth-order valence-electron chi connectivity index (χ4n) is 3.10. The van der Waals surface area contributed by atoms with Crippen molar-refractivity contribution in [1.82, 2.24) is 14.9 Å². The van der Waals surface area contributed by atoms with Crippen LogP contribution in [0.3, 0.4) is 0 Å². The van der Waals surface area contributed by atoms with Crippen molar-refractivity contribution in [3.63, 3.8) is 0 Å². The van der Waals surface area contributed by atoms with Crippen molar-refractivity contribution in [3.05, 3.63) is 100 Å². The molecule has 0 aliphatic rings. The summed E-state index contributed by atoms with van der Waals surface area (Å²) in [5, 5.41) is 12.8. The molecule has 0 fully saturated rings. The number of benzene rings is 3. The first-order chi connectivity index (χ1) is 15.2. The molecule has 7 heteroatoms. The number of hydrogen-bond acceptors (Lipinski definition) is 5. The number of carbonyl (C=O) groups is 1. The second kappa shape index (κ2) is 9.28. The van der Waals surface area contributed by atoms with Crippen LogP contribution in [0.4, 0.5) is 0 Å². The summed E-state index contributed by atoms with van der Waals surface area (Å²) in [4.78, 5) is 30.2. The number of fused-ring (bicyclic) bond motifs is 1. The van der Waals surface area contributed by atoms with Crippen LogP contribution >= 0.6 is 11.8 Å². The number of nitriles is 1. The number of nitrogens with one attached hydrogen (secondary N) is 1. The molecule has 6 nitrogen and oxygen atoms in total. The lowest BCUT2D eigenvalue weighted by Crippen LogP contribution is -2.26. The van der Waals surface area contributed by atoms with Crippen LogP contribution in [-0.2, 0) is 11.3 Å². The van der Waals surface area contributed by atoms with Gasteiger partial charge < -0.3 is 5.32 Å². The molecule has 1 N–H and O–H groups in total. The number of amides is 1. The fourth-order valence-corrected chi connectivity index (χ4v) is 3.94. The first-order valence-corrected chi connectivity index (χ1v) is 10.6. The Balaban J connectivity index is 1.62. The van der Waals surface area contributed by atoms with Crippen LogP contribution in [0.5, 0.6) is 0 Å². The van der Waals surface area contributed by atoms with Gasteiger partial charge in [-0.05, 0) is 42.0 Å². The maximum atomic E-state index is 13.2. The molecule has 1 heterocycles. The van der Waals surface area contributed by atoms with E-state index in [2.05, 4.69) is 16.4 Å². The van der Waals surface area contributed by atoms with Gasteiger partial charge in [0, 0.05) is 6.54 Å². The molecule has 0 aliphatic heterocycles. The highest BCUT2D eigenvalue weighted by molar-refractivity contribution is 7.99. The third kappa shape index (κ3) is 4.65. The van der Waals surface area contributed by atoms with Gasteiger partial charge in [-0.1, -0.05) is 54.2 Å². The molecule has 0 spiro atoms. The van der Waals surface area contributed by atoms with E-state index in [1.54, 1.807) is 42.5 Å². The number of nitrogens with zero attached hydrogens (tertiary/aromatic N) is 3. The smallest absolute Gasteiger partial charge is 0.266 e. The quantitative estimate of drug-likeness (QED) is 0.375. The van der Waals surface area contributed by atoms with Crippen LogP contribution in [0.2, 0.25) is 0 Å². The van der Waals surface area contributed by atoms with Crippen molar-refractivity contribution in [3.8, 4) is 11.8 Å². The maximum Gasteiger partial charge on any atom is 0.266 e. The Bertz CT molecular complexity index is 1330. The molecule has 3 aromatic carbocycles.